The minimum Gasteiger partial charge on any atom is -0.384 e. The summed E-state index contributed by atoms with van der Waals surface area (Å²) in [5.74, 6) is 0.966. The van der Waals surface area contributed by atoms with E-state index in [4.69, 9.17) is 5.73 Å². The molecule has 1 saturated carbocycles. The Morgan fingerprint density at radius 2 is 2.31 bits per heavy atom. The zero-order valence-electron chi connectivity index (χ0n) is 9.66. The van der Waals surface area contributed by atoms with Crippen LogP contribution in [0.1, 0.15) is 30.6 Å². The Hall–Kier alpha value is -1.58. The van der Waals surface area contributed by atoms with Gasteiger partial charge in [0.1, 0.15) is 5.82 Å². The van der Waals surface area contributed by atoms with E-state index in [1.807, 2.05) is 0 Å². The minimum atomic E-state index is -0.0739. The minimum absolute atomic E-state index is 0.0739. The molecule has 1 heterocycles. The fourth-order valence-corrected chi connectivity index (χ4v) is 1.78. The highest BCUT2D eigenvalue weighted by Crippen LogP contribution is 2.50. The summed E-state index contributed by atoms with van der Waals surface area (Å²) in [6.45, 7) is 5.18. The molecule has 4 heteroatoms. The molecule has 1 atom stereocenters. The first-order chi connectivity index (χ1) is 7.49. The van der Waals surface area contributed by atoms with Crippen molar-refractivity contribution in [1.82, 2.24) is 10.3 Å². The first-order valence-electron chi connectivity index (χ1n) is 5.49. The van der Waals surface area contributed by atoms with E-state index in [-0.39, 0.29) is 5.91 Å². The van der Waals surface area contributed by atoms with Gasteiger partial charge in [-0.1, -0.05) is 13.8 Å². The second-order valence-electron chi connectivity index (χ2n) is 5.07. The van der Waals surface area contributed by atoms with Crippen molar-refractivity contribution < 1.29 is 4.79 Å². The Kier molecular flexibility index (Phi) is 2.58. The number of carbonyl (C=O) groups is 1. The SMILES string of the molecule is CC1(C)CC1CNC(=O)c1ccc(N)nc1. The van der Waals surface area contributed by atoms with Crippen LogP contribution in [0.4, 0.5) is 5.82 Å². The molecule has 86 valence electrons. The van der Waals surface area contributed by atoms with Crippen LogP contribution in [0.2, 0.25) is 0 Å². The predicted molar refractivity (Wildman–Crippen MR) is 62.9 cm³/mol. The molecule has 0 saturated heterocycles. The van der Waals surface area contributed by atoms with E-state index < -0.39 is 0 Å². The number of carbonyl (C=O) groups excluding carboxylic acids is 1. The lowest BCUT2D eigenvalue weighted by Gasteiger charge is -2.06. The highest BCUT2D eigenvalue weighted by Gasteiger charge is 2.45. The molecule has 3 N–H and O–H groups in total. The number of nitrogens with two attached hydrogens (primary N) is 1. The second-order valence-corrected chi connectivity index (χ2v) is 5.07. The zero-order chi connectivity index (χ0) is 11.8. The number of nitrogens with one attached hydrogen (secondary N) is 1. The standard InChI is InChI=1S/C12H17N3O/c1-12(2)5-9(12)7-15-11(16)8-3-4-10(13)14-6-8/h3-4,6,9H,5,7H2,1-2H3,(H2,13,14)(H,15,16). The molecule has 16 heavy (non-hydrogen) atoms. The Balaban J connectivity index is 1.87. The van der Waals surface area contributed by atoms with Gasteiger partial charge in [-0.2, -0.15) is 0 Å². The number of aromatic nitrogens is 1. The van der Waals surface area contributed by atoms with Crippen molar-refractivity contribution in [2.24, 2.45) is 11.3 Å². The highest BCUT2D eigenvalue weighted by atomic mass is 16.1. The fraction of sp³-hybridized carbons (Fsp3) is 0.500. The summed E-state index contributed by atoms with van der Waals surface area (Å²) in [4.78, 5) is 15.6. The average molecular weight is 219 g/mol. The number of nitrogens with zero attached hydrogens (tertiary/aromatic N) is 1. The van der Waals surface area contributed by atoms with Crippen molar-refractivity contribution >= 4 is 11.7 Å². The maximum Gasteiger partial charge on any atom is 0.252 e. The molecule has 4 nitrogen and oxygen atoms in total. The maximum absolute atomic E-state index is 11.7. The molecule has 1 amide bonds. The normalized spacial score (nSPS) is 21.5. The molecule has 0 aliphatic heterocycles. The molecule has 0 spiro atoms. The summed E-state index contributed by atoms with van der Waals surface area (Å²) in [6.07, 6.45) is 2.69. The Labute approximate surface area is 95.3 Å². The lowest BCUT2D eigenvalue weighted by molar-refractivity contribution is 0.0950. The van der Waals surface area contributed by atoms with E-state index >= 15 is 0 Å². The number of nitrogen functional groups attached to an aromatic ring is 1. The van der Waals surface area contributed by atoms with Crippen LogP contribution in [0.15, 0.2) is 18.3 Å². The molecule has 1 fully saturated rings. The molecular weight excluding hydrogens is 202 g/mol. The van der Waals surface area contributed by atoms with Crippen LogP contribution in [0.3, 0.4) is 0 Å². The van der Waals surface area contributed by atoms with Crippen LogP contribution in [0.5, 0.6) is 0 Å². The van der Waals surface area contributed by atoms with E-state index in [1.165, 1.54) is 12.6 Å². The van der Waals surface area contributed by atoms with Gasteiger partial charge in [0, 0.05) is 12.7 Å². The summed E-state index contributed by atoms with van der Waals surface area (Å²) in [5.41, 5.74) is 6.41. The number of anilines is 1. The average Bonchev–Trinajstić information content (AvgIpc) is 2.84. The summed E-state index contributed by atoms with van der Waals surface area (Å²) in [5, 5.41) is 2.92. The third kappa shape index (κ3) is 2.32. The third-order valence-corrected chi connectivity index (χ3v) is 3.28. The van der Waals surface area contributed by atoms with E-state index in [0.29, 0.717) is 22.7 Å². The summed E-state index contributed by atoms with van der Waals surface area (Å²) in [7, 11) is 0. The smallest absolute Gasteiger partial charge is 0.252 e. The van der Waals surface area contributed by atoms with Gasteiger partial charge in [0.25, 0.3) is 5.91 Å². The molecule has 0 bridgehead atoms. The van der Waals surface area contributed by atoms with Crippen LogP contribution in [-0.4, -0.2) is 17.4 Å². The zero-order valence-corrected chi connectivity index (χ0v) is 9.66. The Morgan fingerprint density at radius 1 is 1.62 bits per heavy atom. The van der Waals surface area contributed by atoms with Crippen molar-refractivity contribution in [2.45, 2.75) is 20.3 Å². The van der Waals surface area contributed by atoms with E-state index in [0.717, 1.165) is 6.54 Å². The number of hydrogen-bond donors (Lipinski definition) is 2. The van der Waals surface area contributed by atoms with Gasteiger partial charge in [-0.25, -0.2) is 4.98 Å². The van der Waals surface area contributed by atoms with Gasteiger partial charge in [-0.3, -0.25) is 4.79 Å². The summed E-state index contributed by atoms with van der Waals surface area (Å²) >= 11 is 0. The van der Waals surface area contributed by atoms with Crippen LogP contribution < -0.4 is 11.1 Å². The first kappa shape index (κ1) is 10.9. The van der Waals surface area contributed by atoms with Crippen molar-refractivity contribution in [2.75, 3.05) is 12.3 Å². The molecule has 0 radical (unpaired) electrons. The molecule has 1 aliphatic carbocycles. The molecule has 1 aliphatic rings. The largest absolute Gasteiger partial charge is 0.384 e. The number of hydrogen-bond acceptors (Lipinski definition) is 3. The lowest BCUT2D eigenvalue weighted by atomic mass is 10.1. The van der Waals surface area contributed by atoms with Crippen LogP contribution in [0.25, 0.3) is 0 Å². The monoisotopic (exact) mass is 219 g/mol. The van der Waals surface area contributed by atoms with E-state index in [2.05, 4.69) is 24.1 Å². The van der Waals surface area contributed by atoms with E-state index in [1.54, 1.807) is 12.1 Å². The van der Waals surface area contributed by atoms with Crippen molar-refractivity contribution in [3.63, 3.8) is 0 Å². The lowest BCUT2D eigenvalue weighted by Crippen LogP contribution is -2.26. The second kappa shape index (κ2) is 3.77. The van der Waals surface area contributed by atoms with Gasteiger partial charge in [-0.15, -0.1) is 0 Å². The van der Waals surface area contributed by atoms with Crippen molar-refractivity contribution in [3.8, 4) is 0 Å². The number of pyridine rings is 1. The first-order valence-corrected chi connectivity index (χ1v) is 5.49. The molecular formula is C12H17N3O. The van der Waals surface area contributed by atoms with Gasteiger partial charge in [0.15, 0.2) is 0 Å². The quantitative estimate of drug-likeness (QED) is 0.808. The molecule has 1 unspecified atom stereocenters. The Morgan fingerprint density at radius 3 is 2.81 bits per heavy atom. The van der Waals surface area contributed by atoms with Gasteiger partial charge in [0.05, 0.1) is 5.56 Å². The number of amides is 1. The molecule has 1 aromatic heterocycles. The van der Waals surface area contributed by atoms with Gasteiger partial charge < -0.3 is 11.1 Å². The number of rotatable bonds is 3. The van der Waals surface area contributed by atoms with Crippen molar-refractivity contribution in [3.05, 3.63) is 23.9 Å². The van der Waals surface area contributed by atoms with E-state index in [9.17, 15) is 4.79 Å². The van der Waals surface area contributed by atoms with Crippen LogP contribution in [-0.2, 0) is 0 Å². The summed E-state index contributed by atoms with van der Waals surface area (Å²) < 4.78 is 0. The maximum atomic E-state index is 11.7. The molecule has 0 aromatic carbocycles. The Bertz CT molecular complexity index is 397. The van der Waals surface area contributed by atoms with Crippen LogP contribution >= 0.6 is 0 Å². The van der Waals surface area contributed by atoms with Crippen LogP contribution in [0, 0.1) is 11.3 Å². The third-order valence-electron chi connectivity index (χ3n) is 3.28. The van der Waals surface area contributed by atoms with Crippen molar-refractivity contribution in [1.29, 1.82) is 0 Å². The predicted octanol–water partition coefficient (Wildman–Crippen LogP) is 1.44. The van der Waals surface area contributed by atoms with Gasteiger partial charge in [0.2, 0.25) is 0 Å². The molecule has 1 aromatic rings. The topological polar surface area (TPSA) is 68.0 Å². The summed E-state index contributed by atoms with van der Waals surface area (Å²) in [6, 6.07) is 3.33. The van der Waals surface area contributed by atoms with Gasteiger partial charge in [-0.05, 0) is 29.9 Å². The molecule has 2 rings (SSSR count). The fourth-order valence-electron chi connectivity index (χ4n) is 1.78. The highest BCUT2D eigenvalue weighted by molar-refractivity contribution is 5.94. The van der Waals surface area contributed by atoms with Gasteiger partial charge >= 0.3 is 0 Å².